The maximum atomic E-state index is 10.7. The van der Waals surface area contributed by atoms with E-state index in [0.29, 0.717) is 0 Å². The first-order valence-corrected chi connectivity index (χ1v) is 5.34. The van der Waals surface area contributed by atoms with E-state index in [4.69, 9.17) is 25.6 Å². The number of nitrogens with two attached hydrogens (primary N) is 1. The Morgan fingerprint density at radius 2 is 1.60 bits per heavy atom. The van der Waals surface area contributed by atoms with Crippen LogP contribution in [0.25, 0.3) is 0 Å². The third-order valence-corrected chi connectivity index (χ3v) is 2.46. The van der Waals surface area contributed by atoms with Crippen molar-refractivity contribution in [3.8, 4) is 0 Å². The van der Waals surface area contributed by atoms with Crippen molar-refractivity contribution >= 4 is 15.2 Å². The van der Waals surface area contributed by atoms with Crippen molar-refractivity contribution < 1.29 is 33.1 Å². The first kappa shape index (κ1) is 14.4. The van der Waals surface area contributed by atoms with Crippen molar-refractivity contribution in [1.82, 2.24) is 0 Å². The van der Waals surface area contributed by atoms with E-state index in [2.05, 4.69) is 0 Å². The van der Waals surface area contributed by atoms with E-state index in [1.807, 2.05) is 0 Å². The Bertz CT molecular complexity index is 324. The van der Waals surface area contributed by atoms with Gasteiger partial charge in [0.15, 0.2) is 6.10 Å². The molecule has 4 atom stereocenters. The summed E-state index contributed by atoms with van der Waals surface area (Å²) in [4.78, 5) is 10.7. The van der Waals surface area contributed by atoms with Gasteiger partial charge >= 0.3 is 15.2 Å². The molecule has 0 unspecified atom stereocenters. The predicted octanol–water partition coefficient (Wildman–Crippen LogP) is -3.17. The lowest BCUT2D eigenvalue weighted by molar-refractivity contribution is -0.131. The Labute approximate surface area is 86.1 Å². The van der Waals surface area contributed by atoms with Crippen LogP contribution in [0, 0.1) is 0 Å². The molecule has 0 aliphatic carbocycles. The van der Waals surface area contributed by atoms with Crippen molar-refractivity contribution in [3.05, 3.63) is 0 Å². The molecule has 0 spiro atoms. The number of aliphatic hydroxyl groups excluding tert-OH is 3. The molecule has 0 bridgehead atoms. The van der Waals surface area contributed by atoms with Crippen LogP contribution >= 0.6 is 0 Å². The van der Waals surface area contributed by atoms with Gasteiger partial charge in [0.1, 0.15) is 6.10 Å². The number of hydrogen-bond acceptors (Lipinski definition) is 7. The van der Waals surface area contributed by atoms with Gasteiger partial charge in [-0.2, -0.15) is 8.42 Å². The number of rotatable bonds is 4. The lowest BCUT2D eigenvalue weighted by Gasteiger charge is -2.23. The standard InChI is InChI=1S/C6H13NO7S/c1-2(7)3(8)4(9)5(10)6(11)15(12,13)14/h2-5,8-10H,7H2,1H3,(H,12,13,14)/t2-,3-,4+,5-/m1/s1. The van der Waals surface area contributed by atoms with E-state index in [1.54, 1.807) is 0 Å². The minimum absolute atomic E-state index is 0.983. The van der Waals surface area contributed by atoms with Gasteiger partial charge in [0.2, 0.25) is 0 Å². The summed E-state index contributed by atoms with van der Waals surface area (Å²) in [6.45, 7) is 1.28. The van der Waals surface area contributed by atoms with E-state index in [1.165, 1.54) is 6.92 Å². The molecule has 0 aromatic rings. The third kappa shape index (κ3) is 3.81. The van der Waals surface area contributed by atoms with E-state index >= 15 is 0 Å². The van der Waals surface area contributed by atoms with E-state index in [-0.39, 0.29) is 0 Å². The van der Waals surface area contributed by atoms with Crippen molar-refractivity contribution in [2.24, 2.45) is 5.73 Å². The summed E-state index contributed by atoms with van der Waals surface area (Å²) in [5.74, 6) is 0. The smallest absolute Gasteiger partial charge is 0.331 e. The zero-order chi connectivity index (χ0) is 12.4. The lowest BCUT2D eigenvalue weighted by Crippen LogP contribution is -2.50. The van der Waals surface area contributed by atoms with Crippen LogP contribution in [0.2, 0.25) is 0 Å². The van der Waals surface area contributed by atoms with Gasteiger partial charge in [-0.05, 0) is 6.92 Å². The summed E-state index contributed by atoms with van der Waals surface area (Å²) in [6, 6.07) is -0.983. The Kier molecular flexibility index (Phi) is 4.77. The minimum Gasteiger partial charge on any atom is -0.389 e. The van der Waals surface area contributed by atoms with Crippen LogP contribution in [0.15, 0.2) is 0 Å². The van der Waals surface area contributed by atoms with E-state index in [9.17, 15) is 13.2 Å². The molecule has 0 saturated carbocycles. The molecular weight excluding hydrogens is 230 g/mol. The van der Waals surface area contributed by atoms with Gasteiger partial charge < -0.3 is 21.1 Å². The molecule has 0 aromatic heterocycles. The molecule has 8 nitrogen and oxygen atoms in total. The van der Waals surface area contributed by atoms with Crippen LogP contribution in [-0.4, -0.2) is 57.8 Å². The normalized spacial score (nSPS) is 20.4. The molecule has 0 aliphatic heterocycles. The molecule has 0 aromatic carbocycles. The summed E-state index contributed by atoms with van der Waals surface area (Å²) >= 11 is 0. The molecule has 0 heterocycles. The maximum absolute atomic E-state index is 10.7. The molecule has 0 fully saturated rings. The van der Waals surface area contributed by atoms with Crippen LogP contribution in [0.4, 0.5) is 0 Å². The highest BCUT2D eigenvalue weighted by Gasteiger charge is 2.37. The molecule has 15 heavy (non-hydrogen) atoms. The van der Waals surface area contributed by atoms with E-state index < -0.39 is 39.6 Å². The van der Waals surface area contributed by atoms with Crippen LogP contribution < -0.4 is 5.73 Å². The molecule has 9 heteroatoms. The van der Waals surface area contributed by atoms with Gasteiger partial charge in [0.05, 0.1) is 6.10 Å². The molecule has 90 valence electrons. The topological polar surface area (TPSA) is 158 Å². The van der Waals surface area contributed by atoms with Crippen molar-refractivity contribution in [2.75, 3.05) is 0 Å². The minimum atomic E-state index is -5.11. The second-order valence-electron chi connectivity index (χ2n) is 3.08. The van der Waals surface area contributed by atoms with Gasteiger partial charge in [0.25, 0.3) is 0 Å². The number of carbonyl (C=O) groups is 1. The Balaban J connectivity index is 4.73. The van der Waals surface area contributed by atoms with Crippen molar-refractivity contribution in [1.29, 1.82) is 0 Å². The fraction of sp³-hybridized carbons (Fsp3) is 0.833. The average Bonchev–Trinajstić information content (AvgIpc) is 2.11. The zero-order valence-corrected chi connectivity index (χ0v) is 8.63. The molecule has 0 rings (SSSR count). The summed E-state index contributed by atoms with van der Waals surface area (Å²) in [6.07, 6.45) is -6.22. The van der Waals surface area contributed by atoms with Crippen LogP contribution in [0.3, 0.4) is 0 Å². The monoisotopic (exact) mass is 243 g/mol. The highest BCUT2D eigenvalue weighted by atomic mass is 32.2. The van der Waals surface area contributed by atoms with Gasteiger partial charge in [-0.1, -0.05) is 0 Å². The fourth-order valence-corrected chi connectivity index (χ4v) is 1.23. The second kappa shape index (κ2) is 4.96. The van der Waals surface area contributed by atoms with Crippen molar-refractivity contribution in [2.45, 2.75) is 31.3 Å². The van der Waals surface area contributed by atoms with Gasteiger partial charge in [-0.15, -0.1) is 0 Å². The lowest BCUT2D eigenvalue weighted by atomic mass is 10.0. The predicted molar refractivity (Wildman–Crippen MR) is 48.2 cm³/mol. The highest BCUT2D eigenvalue weighted by molar-refractivity contribution is 8.01. The Hall–Kier alpha value is -0.580. The SMILES string of the molecule is C[C@@H](N)[C@@H](O)[C@H](O)[C@@H](O)C(=O)S(=O)(=O)O. The first-order chi connectivity index (χ1) is 6.59. The largest absolute Gasteiger partial charge is 0.389 e. The molecule has 0 saturated heterocycles. The number of carbonyl (C=O) groups excluding carboxylic acids is 1. The number of hydrogen-bond donors (Lipinski definition) is 5. The number of aliphatic hydroxyl groups is 3. The molecule has 0 radical (unpaired) electrons. The van der Waals surface area contributed by atoms with Gasteiger partial charge in [-0.25, -0.2) is 0 Å². The van der Waals surface area contributed by atoms with Gasteiger partial charge in [0, 0.05) is 6.04 Å². The quantitative estimate of drug-likeness (QED) is 0.323. The van der Waals surface area contributed by atoms with Gasteiger partial charge in [-0.3, -0.25) is 9.35 Å². The summed E-state index contributed by atoms with van der Waals surface area (Å²) in [5.41, 5.74) is 5.14. The second-order valence-corrected chi connectivity index (χ2v) is 4.43. The maximum Gasteiger partial charge on any atom is 0.331 e. The average molecular weight is 243 g/mol. The Morgan fingerprint density at radius 1 is 1.20 bits per heavy atom. The van der Waals surface area contributed by atoms with Crippen molar-refractivity contribution in [3.63, 3.8) is 0 Å². The molecule has 0 amide bonds. The summed E-state index contributed by atoms with van der Waals surface area (Å²) in [7, 11) is -5.11. The molecule has 6 N–H and O–H groups in total. The molecular formula is C6H13NO7S. The highest BCUT2D eigenvalue weighted by Crippen LogP contribution is 2.06. The Morgan fingerprint density at radius 3 is 1.87 bits per heavy atom. The summed E-state index contributed by atoms with van der Waals surface area (Å²) < 4.78 is 28.8. The first-order valence-electron chi connectivity index (χ1n) is 3.90. The van der Waals surface area contributed by atoms with Crippen LogP contribution in [0.5, 0.6) is 0 Å². The van der Waals surface area contributed by atoms with Crippen LogP contribution in [-0.2, 0) is 14.9 Å². The third-order valence-electron chi connectivity index (χ3n) is 1.71. The fourth-order valence-electron chi connectivity index (χ4n) is 0.790. The van der Waals surface area contributed by atoms with E-state index in [0.717, 1.165) is 0 Å². The summed E-state index contributed by atoms with van der Waals surface area (Å²) in [5, 5.41) is 25.2. The van der Waals surface area contributed by atoms with Crippen LogP contribution in [0.1, 0.15) is 6.92 Å². The molecule has 0 aliphatic rings. The zero-order valence-electron chi connectivity index (χ0n) is 7.81.